The summed E-state index contributed by atoms with van der Waals surface area (Å²) in [6, 6.07) is 11.6. The molecule has 3 N–H and O–H groups in total. The second kappa shape index (κ2) is 11.4. The number of ether oxygens (including phenoxy) is 3. The molecular weight excluding hydrogens is 400 g/mol. The molecular formula is C20H23F2N3O5. The molecule has 0 bridgehead atoms. The average Bonchev–Trinajstić information content (AvgIpc) is 2.74. The first-order valence-corrected chi connectivity index (χ1v) is 8.91. The summed E-state index contributed by atoms with van der Waals surface area (Å²) in [4.78, 5) is 16.8. The van der Waals surface area contributed by atoms with E-state index >= 15 is 0 Å². The number of carbonyl (C=O) groups excluding carboxylic acids is 1. The highest BCUT2D eigenvalue weighted by Gasteiger charge is 2.12. The third-order valence-electron chi connectivity index (χ3n) is 3.93. The van der Waals surface area contributed by atoms with Gasteiger partial charge in [0.1, 0.15) is 5.75 Å². The summed E-state index contributed by atoms with van der Waals surface area (Å²) in [6.45, 7) is -2.88. The lowest BCUT2D eigenvalue weighted by molar-refractivity contribution is -0.125. The summed E-state index contributed by atoms with van der Waals surface area (Å²) >= 11 is 0. The summed E-state index contributed by atoms with van der Waals surface area (Å²) in [5.41, 5.74) is 7.20. The van der Waals surface area contributed by atoms with Crippen LogP contribution >= 0.6 is 0 Å². The van der Waals surface area contributed by atoms with Crippen molar-refractivity contribution in [3.05, 3.63) is 53.6 Å². The zero-order valence-corrected chi connectivity index (χ0v) is 16.6. The normalized spacial score (nSPS) is 11.2. The van der Waals surface area contributed by atoms with Crippen molar-refractivity contribution < 1.29 is 32.6 Å². The number of nitrogens with two attached hydrogens (primary N) is 1. The SMILES string of the molecule is COc1ccc(CCNC(=O)CON=C(N)c2ccc(OC(F)F)c(OC)c2)cc1. The quantitative estimate of drug-likeness (QED) is 0.327. The zero-order valence-electron chi connectivity index (χ0n) is 16.6. The van der Waals surface area contributed by atoms with Crippen molar-refractivity contribution in [2.24, 2.45) is 10.9 Å². The molecule has 2 aromatic carbocycles. The largest absolute Gasteiger partial charge is 0.497 e. The van der Waals surface area contributed by atoms with Gasteiger partial charge < -0.3 is 30.1 Å². The van der Waals surface area contributed by atoms with E-state index in [0.29, 0.717) is 18.5 Å². The van der Waals surface area contributed by atoms with Crippen LogP contribution in [-0.2, 0) is 16.1 Å². The van der Waals surface area contributed by atoms with Crippen LogP contribution in [0.5, 0.6) is 17.2 Å². The predicted molar refractivity (Wildman–Crippen MR) is 106 cm³/mol. The average molecular weight is 423 g/mol. The topological polar surface area (TPSA) is 104 Å². The van der Waals surface area contributed by atoms with E-state index in [1.807, 2.05) is 24.3 Å². The summed E-state index contributed by atoms with van der Waals surface area (Å²) in [5, 5.41) is 6.37. The molecule has 0 spiro atoms. The minimum absolute atomic E-state index is 0.0528. The van der Waals surface area contributed by atoms with E-state index in [-0.39, 0.29) is 29.8 Å². The Labute approximate surface area is 172 Å². The van der Waals surface area contributed by atoms with Crippen molar-refractivity contribution in [1.29, 1.82) is 0 Å². The number of nitrogens with zero attached hydrogens (tertiary/aromatic N) is 1. The predicted octanol–water partition coefficient (Wildman–Crippen LogP) is 2.30. The van der Waals surface area contributed by atoms with E-state index in [4.69, 9.17) is 20.0 Å². The molecule has 10 heteroatoms. The maximum absolute atomic E-state index is 12.4. The van der Waals surface area contributed by atoms with Gasteiger partial charge in [-0.25, -0.2) is 0 Å². The van der Waals surface area contributed by atoms with Gasteiger partial charge in [0, 0.05) is 12.1 Å². The Bertz CT molecular complexity index is 860. The molecule has 0 atom stereocenters. The number of oxime groups is 1. The van der Waals surface area contributed by atoms with Crippen molar-refractivity contribution >= 4 is 11.7 Å². The van der Waals surface area contributed by atoms with Crippen LogP contribution in [0.15, 0.2) is 47.6 Å². The minimum Gasteiger partial charge on any atom is -0.497 e. The summed E-state index contributed by atoms with van der Waals surface area (Å²) in [6.07, 6.45) is 0.647. The number of halogens is 2. The summed E-state index contributed by atoms with van der Waals surface area (Å²) in [5.74, 6) is 0.269. The van der Waals surface area contributed by atoms with Crippen LogP contribution in [0.25, 0.3) is 0 Å². The van der Waals surface area contributed by atoms with E-state index < -0.39 is 6.61 Å². The molecule has 0 aliphatic carbocycles. The number of amidine groups is 1. The Morgan fingerprint density at radius 3 is 2.47 bits per heavy atom. The fourth-order valence-electron chi connectivity index (χ4n) is 2.42. The number of nitrogens with one attached hydrogen (secondary N) is 1. The van der Waals surface area contributed by atoms with Crippen LogP contribution in [0, 0.1) is 0 Å². The Balaban J connectivity index is 1.80. The summed E-state index contributed by atoms with van der Waals surface area (Å²) in [7, 11) is 2.90. The van der Waals surface area contributed by atoms with Gasteiger partial charge in [-0.15, -0.1) is 0 Å². The second-order valence-corrected chi connectivity index (χ2v) is 5.94. The zero-order chi connectivity index (χ0) is 21.9. The number of methoxy groups -OCH3 is 2. The highest BCUT2D eigenvalue weighted by Crippen LogP contribution is 2.29. The second-order valence-electron chi connectivity index (χ2n) is 5.94. The Morgan fingerprint density at radius 2 is 1.83 bits per heavy atom. The molecule has 162 valence electrons. The van der Waals surface area contributed by atoms with Crippen LogP contribution in [0.3, 0.4) is 0 Å². The standard InChI is InChI=1S/C20H23F2N3O5/c1-27-15-6-3-13(4-7-15)9-10-24-18(26)12-29-25-19(23)14-5-8-16(30-20(21)22)17(11-14)28-2/h3-8,11,20H,9-10,12H2,1-2H3,(H2,23,25)(H,24,26). The van der Waals surface area contributed by atoms with Gasteiger partial charge in [-0.3, -0.25) is 4.79 Å². The Kier molecular flexibility index (Phi) is 8.67. The van der Waals surface area contributed by atoms with Gasteiger partial charge in [0.25, 0.3) is 5.91 Å². The molecule has 0 aromatic heterocycles. The lowest BCUT2D eigenvalue weighted by Gasteiger charge is -2.11. The van der Waals surface area contributed by atoms with Gasteiger partial charge in [-0.05, 0) is 42.3 Å². The number of carbonyl (C=O) groups is 1. The number of hydrogen-bond donors (Lipinski definition) is 2. The number of rotatable bonds is 11. The number of amides is 1. The Morgan fingerprint density at radius 1 is 1.10 bits per heavy atom. The van der Waals surface area contributed by atoms with Gasteiger partial charge in [0.15, 0.2) is 23.9 Å². The Hall–Kier alpha value is -3.56. The van der Waals surface area contributed by atoms with Gasteiger partial charge in [0.05, 0.1) is 14.2 Å². The van der Waals surface area contributed by atoms with Crippen molar-refractivity contribution in [2.75, 3.05) is 27.4 Å². The molecule has 2 aromatic rings. The smallest absolute Gasteiger partial charge is 0.387 e. The number of alkyl halides is 2. The van der Waals surface area contributed by atoms with Crippen LogP contribution in [0.1, 0.15) is 11.1 Å². The van der Waals surface area contributed by atoms with Gasteiger partial charge >= 0.3 is 6.61 Å². The molecule has 0 unspecified atom stereocenters. The van der Waals surface area contributed by atoms with Crippen LogP contribution < -0.4 is 25.3 Å². The van der Waals surface area contributed by atoms with Gasteiger partial charge in [0.2, 0.25) is 0 Å². The molecule has 2 rings (SSSR count). The van der Waals surface area contributed by atoms with E-state index in [9.17, 15) is 13.6 Å². The first-order valence-electron chi connectivity index (χ1n) is 8.91. The van der Waals surface area contributed by atoms with Gasteiger partial charge in [-0.1, -0.05) is 17.3 Å². The molecule has 30 heavy (non-hydrogen) atoms. The molecule has 0 heterocycles. The molecule has 0 fully saturated rings. The minimum atomic E-state index is -2.98. The first kappa shape index (κ1) is 22.7. The molecule has 0 saturated carbocycles. The first-order chi connectivity index (χ1) is 14.4. The number of benzene rings is 2. The molecule has 0 aliphatic heterocycles. The molecule has 0 radical (unpaired) electrons. The summed E-state index contributed by atoms with van der Waals surface area (Å²) < 4.78 is 39.1. The highest BCUT2D eigenvalue weighted by molar-refractivity contribution is 5.97. The third kappa shape index (κ3) is 7.12. The molecule has 1 amide bonds. The van der Waals surface area contributed by atoms with E-state index in [1.54, 1.807) is 7.11 Å². The van der Waals surface area contributed by atoms with Crippen LogP contribution in [-0.4, -0.2) is 45.7 Å². The number of hydrogen-bond acceptors (Lipinski definition) is 6. The van der Waals surface area contributed by atoms with E-state index in [2.05, 4.69) is 15.2 Å². The monoisotopic (exact) mass is 423 g/mol. The maximum atomic E-state index is 12.4. The van der Waals surface area contributed by atoms with Crippen molar-refractivity contribution in [2.45, 2.75) is 13.0 Å². The molecule has 0 saturated heterocycles. The molecule has 8 nitrogen and oxygen atoms in total. The van der Waals surface area contributed by atoms with Gasteiger partial charge in [-0.2, -0.15) is 8.78 Å². The van der Waals surface area contributed by atoms with Crippen molar-refractivity contribution in [3.8, 4) is 17.2 Å². The van der Waals surface area contributed by atoms with Crippen LogP contribution in [0.4, 0.5) is 8.78 Å². The van der Waals surface area contributed by atoms with Crippen LogP contribution in [0.2, 0.25) is 0 Å². The lowest BCUT2D eigenvalue weighted by atomic mass is 10.1. The highest BCUT2D eigenvalue weighted by atomic mass is 19.3. The maximum Gasteiger partial charge on any atom is 0.387 e. The lowest BCUT2D eigenvalue weighted by Crippen LogP contribution is -2.29. The third-order valence-corrected chi connectivity index (χ3v) is 3.93. The molecule has 0 aliphatic rings. The van der Waals surface area contributed by atoms with E-state index in [1.165, 1.54) is 25.3 Å². The van der Waals surface area contributed by atoms with E-state index in [0.717, 1.165) is 11.3 Å². The van der Waals surface area contributed by atoms with Crippen molar-refractivity contribution in [3.63, 3.8) is 0 Å². The van der Waals surface area contributed by atoms with Crippen molar-refractivity contribution in [1.82, 2.24) is 5.32 Å². The fraction of sp³-hybridized carbons (Fsp3) is 0.300. The fourth-order valence-corrected chi connectivity index (χ4v) is 2.42.